The van der Waals surface area contributed by atoms with E-state index < -0.39 is 14.0 Å². The molecule has 0 bridgehead atoms. The van der Waals surface area contributed by atoms with E-state index in [-0.39, 0.29) is 12.7 Å². The molecule has 48 heavy (non-hydrogen) atoms. The summed E-state index contributed by atoms with van der Waals surface area (Å²) in [6, 6.07) is 21.0. The molecule has 1 aliphatic rings. The molecule has 252 valence electrons. The lowest BCUT2D eigenvalue weighted by molar-refractivity contribution is 0.0520. The Hall–Kier alpha value is -4.11. The quantitative estimate of drug-likeness (QED) is 0.0727. The van der Waals surface area contributed by atoms with Crippen LogP contribution in [0, 0.1) is 6.92 Å². The fraction of sp³-hybridized carbons (Fsp3) is 0.382. The molecule has 14 heteroatoms. The molecule has 4 heterocycles. The number of anilines is 3. The predicted octanol–water partition coefficient (Wildman–Crippen LogP) is 7.01. The third-order valence-electron chi connectivity index (χ3n) is 7.83. The van der Waals surface area contributed by atoms with Gasteiger partial charge in [0.1, 0.15) is 23.6 Å². The van der Waals surface area contributed by atoms with Gasteiger partial charge in [0, 0.05) is 21.7 Å². The van der Waals surface area contributed by atoms with E-state index in [0.29, 0.717) is 42.3 Å². The Morgan fingerprint density at radius 3 is 2.54 bits per heavy atom. The molecule has 0 unspecified atom stereocenters. The lowest BCUT2D eigenvalue weighted by Gasteiger charge is -2.39. The van der Waals surface area contributed by atoms with Gasteiger partial charge in [0.05, 0.1) is 29.9 Å². The predicted molar refractivity (Wildman–Crippen MR) is 195 cm³/mol. The van der Waals surface area contributed by atoms with Gasteiger partial charge in [-0.3, -0.25) is 4.57 Å². The minimum atomic E-state index is -1.20. The number of ether oxygens (including phenoxy) is 3. The number of thiazole rings is 2. The van der Waals surface area contributed by atoms with Crippen LogP contribution in [0.4, 0.5) is 21.8 Å². The normalized spacial score (nSPS) is 14.0. The number of esters is 1. The average molecular weight is 704 g/mol. The van der Waals surface area contributed by atoms with Gasteiger partial charge < -0.3 is 24.0 Å². The Morgan fingerprint density at radius 1 is 1.06 bits per heavy atom. The summed E-state index contributed by atoms with van der Waals surface area (Å²) >= 11 is 3.02. The van der Waals surface area contributed by atoms with Crippen molar-refractivity contribution in [2.45, 2.75) is 52.4 Å². The lowest BCUT2D eigenvalue weighted by Crippen LogP contribution is -2.54. The van der Waals surface area contributed by atoms with Crippen LogP contribution in [0.25, 0.3) is 10.2 Å². The van der Waals surface area contributed by atoms with Crippen molar-refractivity contribution in [3.63, 3.8) is 0 Å². The number of carbonyl (C=O) groups excluding carboxylic acids is 1. The van der Waals surface area contributed by atoms with Crippen molar-refractivity contribution in [2.24, 2.45) is 4.99 Å². The van der Waals surface area contributed by atoms with Gasteiger partial charge in [-0.15, -0.1) is 10.2 Å². The van der Waals surface area contributed by atoms with Crippen LogP contribution in [0.2, 0.25) is 25.7 Å². The number of hydrogen-bond acceptors (Lipinski definition) is 12. The zero-order valence-corrected chi connectivity index (χ0v) is 30.8. The summed E-state index contributed by atoms with van der Waals surface area (Å²) in [4.78, 5) is 27.3. The van der Waals surface area contributed by atoms with Gasteiger partial charge >= 0.3 is 5.97 Å². The summed E-state index contributed by atoms with van der Waals surface area (Å²) in [5, 5.41) is 10.4. The standard InChI is InChI=1S/C34H41N7O4S2Si/c1-7-44-32(42)29-31(40-20-25(21-40)45-24-13-9-8-10-14-24)47-33(35-29)39(3)28-19-23(2)30(38-37-28)36-34-41(22-43-17-18-48(4,5)6)26-15-11-12-16-27(26)46-34/h8-16,19,25H,7,17-18,20-22H2,1-6H3. The Balaban J connectivity index is 1.22. The molecule has 3 aromatic heterocycles. The van der Waals surface area contributed by atoms with E-state index in [4.69, 9.17) is 24.2 Å². The zero-order valence-electron chi connectivity index (χ0n) is 28.2. The molecule has 0 N–H and O–H groups in total. The van der Waals surface area contributed by atoms with Gasteiger partial charge in [-0.1, -0.05) is 72.6 Å². The molecule has 11 nitrogen and oxygen atoms in total. The Morgan fingerprint density at radius 2 is 1.81 bits per heavy atom. The van der Waals surface area contributed by atoms with Crippen LogP contribution >= 0.6 is 22.7 Å². The fourth-order valence-electron chi connectivity index (χ4n) is 5.05. The van der Waals surface area contributed by atoms with Gasteiger partial charge in [0.15, 0.2) is 27.3 Å². The second-order valence-electron chi connectivity index (χ2n) is 12.8. The summed E-state index contributed by atoms with van der Waals surface area (Å²) in [7, 11) is 0.670. The summed E-state index contributed by atoms with van der Waals surface area (Å²) in [6.07, 6.45) is 0.0202. The Labute approximate surface area is 289 Å². The van der Waals surface area contributed by atoms with Gasteiger partial charge in [-0.25, -0.2) is 9.78 Å². The van der Waals surface area contributed by atoms with Crippen molar-refractivity contribution >= 4 is 68.7 Å². The number of benzene rings is 2. The van der Waals surface area contributed by atoms with Crippen molar-refractivity contribution in [3.05, 3.63) is 76.7 Å². The average Bonchev–Trinajstić information content (AvgIpc) is 3.63. The SMILES string of the molecule is CCOC(=O)c1nc(N(C)c2cc(C)c(N=c3sc4ccccc4n3COCC[Si](C)(C)C)nn2)sc1N1CC(Oc2ccccc2)C1. The van der Waals surface area contributed by atoms with Gasteiger partial charge in [0.25, 0.3) is 0 Å². The molecule has 1 aliphatic heterocycles. The zero-order chi connectivity index (χ0) is 33.8. The number of nitrogens with zero attached hydrogens (tertiary/aromatic N) is 7. The molecule has 0 amide bonds. The number of para-hydroxylation sites is 2. The molecule has 0 radical (unpaired) electrons. The van der Waals surface area contributed by atoms with Crippen LogP contribution < -0.4 is 19.3 Å². The Bertz CT molecular complexity index is 1950. The summed E-state index contributed by atoms with van der Waals surface area (Å²) in [6.45, 7) is 13.5. The maximum absolute atomic E-state index is 12.9. The highest BCUT2D eigenvalue weighted by Crippen LogP contribution is 2.39. The van der Waals surface area contributed by atoms with E-state index in [0.717, 1.165) is 44.0 Å². The molecule has 5 aromatic rings. The highest BCUT2D eigenvalue weighted by Gasteiger charge is 2.35. The molecular formula is C34H41N7O4S2Si. The highest BCUT2D eigenvalue weighted by atomic mass is 32.1. The smallest absolute Gasteiger partial charge is 0.360 e. The number of fused-ring (bicyclic) bond motifs is 1. The monoisotopic (exact) mass is 703 g/mol. The maximum Gasteiger partial charge on any atom is 0.360 e. The van der Waals surface area contributed by atoms with Crippen LogP contribution in [0.15, 0.2) is 65.7 Å². The van der Waals surface area contributed by atoms with E-state index >= 15 is 0 Å². The van der Waals surface area contributed by atoms with E-state index in [2.05, 4.69) is 51.4 Å². The van der Waals surface area contributed by atoms with E-state index in [1.165, 1.54) is 11.3 Å². The van der Waals surface area contributed by atoms with E-state index in [1.807, 2.05) is 67.4 Å². The number of hydrogen-bond donors (Lipinski definition) is 0. The Kier molecular flexibility index (Phi) is 10.2. The third-order valence-corrected chi connectivity index (χ3v) is 11.8. The first-order valence-corrected chi connectivity index (χ1v) is 21.4. The first-order valence-electron chi connectivity index (χ1n) is 16.0. The number of aryl methyl sites for hydroxylation is 1. The summed E-state index contributed by atoms with van der Waals surface area (Å²) in [5.41, 5.74) is 2.23. The molecule has 0 atom stereocenters. The number of rotatable bonds is 13. The van der Waals surface area contributed by atoms with E-state index in [1.54, 1.807) is 18.3 Å². The van der Waals surface area contributed by atoms with Gasteiger partial charge in [0.2, 0.25) is 0 Å². The third kappa shape index (κ3) is 7.78. The maximum atomic E-state index is 12.9. The number of aromatic nitrogens is 4. The molecule has 0 saturated carbocycles. The second-order valence-corrected chi connectivity index (χ2v) is 20.4. The molecule has 2 aromatic carbocycles. The van der Waals surface area contributed by atoms with Crippen molar-refractivity contribution in [3.8, 4) is 5.75 Å². The minimum absolute atomic E-state index is 0.0202. The van der Waals surface area contributed by atoms with Gasteiger partial charge in [-0.05, 0) is 55.8 Å². The second kappa shape index (κ2) is 14.6. The van der Waals surface area contributed by atoms with Crippen molar-refractivity contribution in [1.82, 2.24) is 19.7 Å². The first-order chi connectivity index (χ1) is 23.1. The first kappa shape index (κ1) is 33.8. The largest absolute Gasteiger partial charge is 0.487 e. The fourth-order valence-corrected chi connectivity index (χ4v) is 7.87. The van der Waals surface area contributed by atoms with Crippen LogP contribution in [-0.4, -0.2) is 73.2 Å². The van der Waals surface area contributed by atoms with Crippen LogP contribution in [0.3, 0.4) is 0 Å². The number of carbonyl (C=O) groups is 1. The lowest BCUT2D eigenvalue weighted by atomic mass is 10.1. The molecule has 0 spiro atoms. The van der Waals surface area contributed by atoms with Crippen LogP contribution in [0.5, 0.6) is 5.75 Å². The molecule has 1 saturated heterocycles. The van der Waals surface area contributed by atoms with Crippen LogP contribution in [0.1, 0.15) is 23.0 Å². The molecule has 6 rings (SSSR count). The topological polar surface area (TPSA) is 107 Å². The minimum Gasteiger partial charge on any atom is -0.487 e. The highest BCUT2D eigenvalue weighted by molar-refractivity contribution is 7.20. The van der Waals surface area contributed by atoms with Crippen LogP contribution in [-0.2, 0) is 16.2 Å². The molecular weight excluding hydrogens is 663 g/mol. The van der Waals surface area contributed by atoms with E-state index in [9.17, 15) is 4.79 Å². The summed E-state index contributed by atoms with van der Waals surface area (Å²) in [5.74, 6) is 1.50. The summed E-state index contributed by atoms with van der Waals surface area (Å²) < 4.78 is 20.8. The van der Waals surface area contributed by atoms with Crippen molar-refractivity contribution < 1.29 is 19.0 Å². The van der Waals surface area contributed by atoms with Crippen molar-refractivity contribution in [1.29, 1.82) is 0 Å². The van der Waals surface area contributed by atoms with Crippen molar-refractivity contribution in [2.75, 3.05) is 43.2 Å². The molecule has 1 fully saturated rings. The molecule has 0 aliphatic carbocycles. The van der Waals surface area contributed by atoms with Gasteiger partial charge in [-0.2, -0.15) is 4.99 Å².